The van der Waals surface area contributed by atoms with Crippen LogP contribution in [-0.2, 0) is 6.42 Å². The van der Waals surface area contributed by atoms with Gasteiger partial charge in [0.25, 0.3) is 0 Å². The van der Waals surface area contributed by atoms with Crippen molar-refractivity contribution in [3.05, 3.63) is 46.8 Å². The Kier molecular flexibility index (Phi) is 2.47. The molecule has 0 saturated heterocycles. The van der Waals surface area contributed by atoms with Crippen LogP contribution in [0.4, 0.5) is 4.39 Å². The first kappa shape index (κ1) is 10.2. The summed E-state index contributed by atoms with van der Waals surface area (Å²) < 4.78 is 13.4. The molecule has 0 bridgehead atoms. The van der Waals surface area contributed by atoms with E-state index in [1.54, 1.807) is 6.07 Å². The molecule has 2 aromatic rings. The molecule has 2 aromatic carbocycles. The summed E-state index contributed by atoms with van der Waals surface area (Å²) in [4.78, 5) is 0. The molecule has 1 heteroatoms. The first-order chi connectivity index (χ1) is 7.13. The normalized spacial score (nSPS) is 10.9. The van der Waals surface area contributed by atoms with Crippen molar-refractivity contribution in [3.63, 3.8) is 0 Å². The van der Waals surface area contributed by atoms with Gasteiger partial charge in [0.05, 0.1) is 0 Å². The topological polar surface area (TPSA) is 0 Å². The second-order valence-electron chi connectivity index (χ2n) is 4.04. The Morgan fingerprint density at radius 1 is 1.13 bits per heavy atom. The lowest BCUT2D eigenvalue weighted by Crippen LogP contribution is -1.90. The highest BCUT2D eigenvalue weighted by molar-refractivity contribution is 5.89. The molecule has 0 heterocycles. The predicted octanol–water partition coefficient (Wildman–Crippen LogP) is 4.16. The molecule has 2 rings (SSSR count). The fourth-order valence-corrected chi connectivity index (χ4v) is 2.15. The van der Waals surface area contributed by atoms with Crippen molar-refractivity contribution in [2.75, 3.05) is 0 Å². The van der Waals surface area contributed by atoms with Crippen LogP contribution in [0.3, 0.4) is 0 Å². The molecule has 0 fully saturated rings. The van der Waals surface area contributed by atoms with E-state index in [0.29, 0.717) is 0 Å². The monoisotopic (exact) mass is 202 g/mol. The van der Waals surface area contributed by atoms with Crippen molar-refractivity contribution < 1.29 is 4.39 Å². The van der Waals surface area contributed by atoms with E-state index in [1.165, 1.54) is 11.1 Å². The summed E-state index contributed by atoms with van der Waals surface area (Å²) in [7, 11) is 0. The van der Waals surface area contributed by atoms with Gasteiger partial charge in [-0.2, -0.15) is 0 Å². The van der Waals surface area contributed by atoms with Gasteiger partial charge in [-0.15, -0.1) is 0 Å². The molecule has 0 amide bonds. The third-order valence-electron chi connectivity index (χ3n) is 2.98. The van der Waals surface area contributed by atoms with Crippen molar-refractivity contribution in [3.8, 4) is 0 Å². The second kappa shape index (κ2) is 3.65. The van der Waals surface area contributed by atoms with E-state index in [2.05, 4.69) is 19.1 Å². The number of aryl methyl sites for hydroxylation is 3. The van der Waals surface area contributed by atoms with E-state index < -0.39 is 0 Å². The average molecular weight is 202 g/mol. The summed E-state index contributed by atoms with van der Waals surface area (Å²) in [5, 5.41) is 2.21. The third kappa shape index (κ3) is 1.63. The van der Waals surface area contributed by atoms with Crippen molar-refractivity contribution in [1.29, 1.82) is 0 Å². The summed E-state index contributed by atoms with van der Waals surface area (Å²) in [6.07, 6.45) is 1.02. The van der Waals surface area contributed by atoms with Gasteiger partial charge in [-0.25, -0.2) is 4.39 Å². The molecular weight excluding hydrogens is 187 g/mol. The van der Waals surface area contributed by atoms with Crippen LogP contribution in [-0.4, -0.2) is 0 Å². The van der Waals surface area contributed by atoms with Crippen molar-refractivity contribution in [1.82, 2.24) is 0 Å². The molecule has 0 nitrogen and oxygen atoms in total. The Morgan fingerprint density at radius 2 is 1.87 bits per heavy atom. The van der Waals surface area contributed by atoms with E-state index in [1.807, 2.05) is 19.9 Å². The van der Waals surface area contributed by atoms with E-state index in [4.69, 9.17) is 0 Å². The highest BCUT2D eigenvalue weighted by Crippen LogP contribution is 2.26. The van der Waals surface area contributed by atoms with Crippen LogP contribution in [0.5, 0.6) is 0 Å². The molecule has 0 aromatic heterocycles. The van der Waals surface area contributed by atoms with Crippen molar-refractivity contribution in [2.45, 2.75) is 27.2 Å². The summed E-state index contributed by atoms with van der Waals surface area (Å²) in [5.41, 5.74) is 3.24. The fourth-order valence-electron chi connectivity index (χ4n) is 2.15. The molecule has 0 aliphatic heterocycles. The van der Waals surface area contributed by atoms with E-state index in [0.717, 1.165) is 22.8 Å². The quantitative estimate of drug-likeness (QED) is 0.651. The van der Waals surface area contributed by atoms with Crippen LogP contribution in [0.15, 0.2) is 24.3 Å². The van der Waals surface area contributed by atoms with Gasteiger partial charge in [-0.1, -0.05) is 25.1 Å². The van der Waals surface area contributed by atoms with Crippen LogP contribution in [0.1, 0.15) is 23.6 Å². The molecule has 15 heavy (non-hydrogen) atoms. The van der Waals surface area contributed by atoms with E-state index in [-0.39, 0.29) is 5.82 Å². The minimum Gasteiger partial charge on any atom is -0.207 e. The molecular formula is C14H15F. The standard InChI is InChI=1S/C14H15F/c1-4-11-7-9(2)14-10(3)13(15)6-5-12(14)8-11/h5-8H,4H2,1-3H3. The molecule has 0 aliphatic rings. The zero-order valence-electron chi connectivity index (χ0n) is 9.39. The van der Waals surface area contributed by atoms with E-state index >= 15 is 0 Å². The number of hydrogen-bond donors (Lipinski definition) is 0. The summed E-state index contributed by atoms with van der Waals surface area (Å²) in [6, 6.07) is 7.71. The lowest BCUT2D eigenvalue weighted by Gasteiger charge is -2.09. The first-order valence-corrected chi connectivity index (χ1v) is 5.32. The maximum absolute atomic E-state index is 13.4. The minimum absolute atomic E-state index is 0.116. The lowest BCUT2D eigenvalue weighted by molar-refractivity contribution is 0.621. The van der Waals surface area contributed by atoms with Crippen LogP contribution >= 0.6 is 0 Å². The Hall–Kier alpha value is -1.37. The molecule has 78 valence electrons. The molecule has 0 radical (unpaired) electrons. The smallest absolute Gasteiger partial charge is 0.126 e. The number of fused-ring (bicyclic) bond motifs is 1. The third-order valence-corrected chi connectivity index (χ3v) is 2.98. The Labute approximate surface area is 89.7 Å². The van der Waals surface area contributed by atoms with Crippen molar-refractivity contribution in [2.24, 2.45) is 0 Å². The van der Waals surface area contributed by atoms with Crippen molar-refractivity contribution >= 4 is 10.8 Å². The minimum atomic E-state index is -0.116. The summed E-state index contributed by atoms with van der Waals surface area (Å²) in [6.45, 7) is 6.03. The van der Waals surface area contributed by atoms with Gasteiger partial charge in [0.15, 0.2) is 0 Å². The highest BCUT2D eigenvalue weighted by atomic mass is 19.1. The Morgan fingerprint density at radius 3 is 2.53 bits per heavy atom. The maximum Gasteiger partial charge on any atom is 0.126 e. The Bertz CT molecular complexity index is 512. The van der Waals surface area contributed by atoms with Gasteiger partial charge in [-0.05, 0) is 53.8 Å². The van der Waals surface area contributed by atoms with Gasteiger partial charge < -0.3 is 0 Å². The zero-order valence-corrected chi connectivity index (χ0v) is 9.39. The highest BCUT2D eigenvalue weighted by Gasteiger charge is 2.06. The molecule has 0 aliphatic carbocycles. The SMILES string of the molecule is CCc1cc(C)c2c(C)c(F)ccc2c1. The van der Waals surface area contributed by atoms with Crippen LogP contribution in [0, 0.1) is 19.7 Å². The number of hydrogen-bond acceptors (Lipinski definition) is 0. The number of halogens is 1. The second-order valence-corrected chi connectivity index (χ2v) is 4.04. The molecule has 0 spiro atoms. The van der Waals surface area contributed by atoms with Gasteiger partial charge in [0.2, 0.25) is 0 Å². The summed E-state index contributed by atoms with van der Waals surface area (Å²) >= 11 is 0. The lowest BCUT2D eigenvalue weighted by atomic mass is 9.97. The zero-order chi connectivity index (χ0) is 11.0. The predicted molar refractivity (Wildman–Crippen MR) is 62.8 cm³/mol. The molecule has 0 atom stereocenters. The van der Waals surface area contributed by atoms with Gasteiger partial charge in [0, 0.05) is 0 Å². The van der Waals surface area contributed by atoms with Crippen LogP contribution in [0.25, 0.3) is 10.8 Å². The van der Waals surface area contributed by atoms with E-state index in [9.17, 15) is 4.39 Å². The average Bonchev–Trinajstić information content (AvgIpc) is 2.23. The largest absolute Gasteiger partial charge is 0.207 e. The van der Waals surface area contributed by atoms with Crippen LogP contribution < -0.4 is 0 Å². The summed E-state index contributed by atoms with van der Waals surface area (Å²) in [5.74, 6) is -0.116. The maximum atomic E-state index is 13.4. The van der Waals surface area contributed by atoms with Gasteiger partial charge in [0.1, 0.15) is 5.82 Å². The number of rotatable bonds is 1. The van der Waals surface area contributed by atoms with Crippen LogP contribution in [0.2, 0.25) is 0 Å². The molecule has 0 unspecified atom stereocenters. The first-order valence-electron chi connectivity index (χ1n) is 5.32. The van der Waals surface area contributed by atoms with Gasteiger partial charge >= 0.3 is 0 Å². The number of benzene rings is 2. The Balaban J connectivity index is 2.85. The molecule has 0 saturated carbocycles. The molecule has 0 N–H and O–H groups in total. The fraction of sp³-hybridized carbons (Fsp3) is 0.286. The van der Waals surface area contributed by atoms with Gasteiger partial charge in [-0.3, -0.25) is 0 Å².